The van der Waals surface area contributed by atoms with Crippen LogP contribution in [0.3, 0.4) is 0 Å². The molecule has 2 aliphatic rings. The lowest BCUT2D eigenvalue weighted by molar-refractivity contribution is -0.190. The van der Waals surface area contributed by atoms with Gasteiger partial charge in [-0.15, -0.1) is 0 Å². The number of amides is 2. The second-order valence-corrected chi connectivity index (χ2v) is 6.76. The second kappa shape index (κ2) is 6.09. The molecule has 5 nitrogen and oxygen atoms in total. The average Bonchev–Trinajstić information content (AvgIpc) is 3.35. The van der Waals surface area contributed by atoms with E-state index in [1.54, 1.807) is 0 Å². The van der Waals surface area contributed by atoms with Crippen molar-refractivity contribution in [3.05, 3.63) is 28.8 Å². The quantitative estimate of drug-likeness (QED) is 0.726. The van der Waals surface area contributed by atoms with Gasteiger partial charge in [0, 0.05) is 29.2 Å². The van der Waals surface area contributed by atoms with Crippen LogP contribution in [-0.2, 0) is 10.2 Å². The van der Waals surface area contributed by atoms with Gasteiger partial charge in [-0.1, -0.05) is 23.4 Å². The molecular formula is C17H14ClF3N2O3. The lowest BCUT2D eigenvalue weighted by Gasteiger charge is -2.44. The number of hydrogen-bond donors (Lipinski definition) is 2. The summed E-state index contributed by atoms with van der Waals surface area (Å²) in [6, 6.07) is 1.58. The molecule has 1 aliphatic heterocycles. The number of carboxylic acid groups (broad SMARTS) is 1. The van der Waals surface area contributed by atoms with Crippen LogP contribution in [0.2, 0.25) is 5.02 Å². The SMILES string of the molecule is CN(C(=O)O)[C@H]1C(=O)Nc2ccc(Cl)cc2[C@@]1(C#CC1CC1)C(F)(F)F. The summed E-state index contributed by atoms with van der Waals surface area (Å²) in [6.45, 7) is 0. The monoisotopic (exact) mass is 386 g/mol. The van der Waals surface area contributed by atoms with E-state index >= 15 is 0 Å². The summed E-state index contributed by atoms with van der Waals surface area (Å²) in [5.74, 6) is 3.53. The van der Waals surface area contributed by atoms with Crippen molar-refractivity contribution < 1.29 is 27.9 Å². The molecule has 1 aromatic rings. The summed E-state index contributed by atoms with van der Waals surface area (Å²) in [4.78, 5) is 24.2. The summed E-state index contributed by atoms with van der Waals surface area (Å²) in [6.07, 6.45) is -5.33. The Balaban J connectivity index is 2.35. The largest absolute Gasteiger partial charge is 0.465 e. The van der Waals surface area contributed by atoms with Gasteiger partial charge >= 0.3 is 12.3 Å². The summed E-state index contributed by atoms with van der Waals surface area (Å²) >= 11 is 5.90. The van der Waals surface area contributed by atoms with Gasteiger partial charge in [0.25, 0.3) is 0 Å². The Morgan fingerprint density at radius 1 is 1.42 bits per heavy atom. The zero-order chi connectivity index (χ0) is 19.3. The van der Waals surface area contributed by atoms with E-state index in [4.69, 9.17) is 11.6 Å². The number of halogens is 4. The molecular weight excluding hydrogens is 373 g/mol. The first-order valence-electron chi connectivity index (χ1n) is 7.74. The van der Waals surface area contributed by atoms with E-state index < -0.39 is 29.6 Å². The van der Waals surface area contributed by atoms with Crippen molar-refractivity contribution in [2.24, 2.45) is 5.92 Å². The zero-order valence-corrected chi connectivity index (χ0v) is 14.3. The van der Waals surface area contributed by atoms with Gasteiger partial charge in [0.1, 0.15) is 6.04 Å². The number of carbonyl (C=O) groups excluding carboxylic acids is 1. The fourth-order valence-corrected chi connectivity index (χ4v) is 3.20. The van der Waals surface area contributed by atoms with Crippen LogP contribution in [0.4, 0.5) is 23.7 Å². The summed E-state index contributed by atoms with van der Waals surface area (Å²) < 4.78 is 43.1. The van der Waals surface area contributed by atoms with E-state index in [0.717, 1.165) is 13.1 Å². The van der Waals surface area contributed by atoms with Crippen molar-refractivity contribution in [3.63, 3.8) is 0 Å². The van der Waals surface area contributed by atoms with Crippen LogP contribution in [0.1, 0.15) is 18.4 Å². The van der Waals surface area contributed by atoms with Crippen LogP contribution in [0, 0.1) is 17.8 Å². The van der Waals surface area contributed by atoms with Gasteiger partial charge in [0.2, 0.25) is 5.91 Å². The van der Waals surface area contributed by atoms with Crippen LogP contribution in [0.15, 0.2) is 18.2 Å². The van der Waals surface area contributed by atoms with Crippen molar-refractivity contribution in [2.45, 2.75) is 30.5 Å². The van der Waals surface area contributed by atoms with Gasteiger partial charge in [-0.05, 0) is 31.0 Å². The lowest BCUT2D eigenvalue weighted by atomic mass is 9.70. The Kier molecular flexibility index (Phi) is 4.31. The lowest BCUT2D eigenvalue weighted by Crippen LogP contribution is -2.65. The third-order valence-electron chi connectivity index (χ3n) is 4.51. The minimum absolute atomic E-state index is 0.0264. The first kappa shape index (κ1) is 18.4. The number of likely N-dealkylation sites (N-methyl/N-ethyl adjacent to an activating group) is 1. The highest BCUT2D eigenvalue weighted by atomic mass is 35.5. The first-order valence-corrected chi connectivity index (χ1v) is 8.12. The van der Waals surface area contributed by atoms with E-state index in [1.807, 2.05) is 0 Å². The van der Waals surface area contributed by atoms with Crippen LogP contribution >= 0.6 is 11.6 Å². The van der Waals surface area contributed by atoms with E-state index in [0.29, 0.717) is 17.7 Å². The molecule has 1 aromatic carbocycles. The third kappa shape index (κ3) is 2.86. The average molecular weight is 387 g/mol. The molecule has 2 N–H and O–H groups in total. The Bertz CT molecular complexity index is 842. The Labute approximate surface area is 152 Å². The number of rotatable bonds is 1. The smallest absolute Gasteiger partial charge is 0.411 e. The van der Waals surface area contributed by atoms with Gasteiger partial charge < -0.3 is 10.4 Å². The maximum absolute atomic E-state index is 14.4. The van der Waals surface area contributed by atoms with Crippen LogP contribution < -0.4 is 5.32 Å². The highest BCUT2D eigenvalue weighted by Gasteiger charge is 2.66. The predicted octanol–water partition coefficient (Wildman–Crippen LogP) is 3.48. The number of anilines is 1. The molecule has 0 aromatic heterocycles. The van der Waals surface area contributed by atoms with Crippen molar-refractivity contribution in [1.82, 2.24) is 4.90 Å². The fraction of sp³-hybridized carbons (Fsp3) is 0.412. The Hall–Kier alpha value is -2.40. The van der Waals surface area contributed by atoms with Crippen LogP contribution in [0.5, 0.6) is 0 Å². The second-order valence-electron chi connectivity index (χ2n) is 6.32. The molecule has 2 atom stereocenters. The predicted molar refractivity (Wildman–Crippen MR) is 87.9 cm³/mol. The summed E-state index contributed by atoms with van der Waals surface area (Å²) in [7, 11) is 0.918. The molecule has 1 saturated carbocycles. The molecule has 0 saturated heterocycles. The van der Waals surface area contributed by atoms with Gasteiger partial charge in [0.15, 0.2) is 5.41 Å². The maximum Gasteiger partial charge on any atom is 0.411 e. The Morgan fingerprint density at radius 3 is 2.62 bits per heavy atom. The van der Waals surface area contributed by atoms with E-state index in [9.17, 15) is 27.9 Å². The molecule has 0 radical (unpaired) electrons. The van der Waals surface area contributed by atoms with Crippen LogP contribution in [-0.4, -0.2) is 41.3 Å². The highest BCUT2D eigenvalue weighted by Crippen LogP contribution is 2.51. The third-order valence-corrected chi connectivity index (χ3v) is 4.74. The van der Waals surface area contributed by atoms with Gasteiger partial charge in [-0.3, -0.25) is 9.69 Å². The molecule has 26 heavy (non-hydrogen) atoms. The molecule has 1 aliphatic carbocycles. The highest BCUT2D eigenvalue weighted by molar-refractivity contribution is 6.30. The fourth-order valence-electron chi connectivity index (χ4n) is 3.03. The van der Waals surface area contributed by atoms with Crippen molar-refractivity contribution in [1.29, 1.82) is 0 Å². The minimum Gasteiger partial charge on any atom is -0.465 e. The van der Waals surface area contributed by atoms with Crippen molar-refractivity contribution in [2.75, 3.05) is 12.4 Å². The number of nitrogens with zero attached hydrogens (tertiary/aromatic N) is 1. The van der Waals surface area contributed by atoms with Gasteiger partial charge in [0.05, 0.1) is 0 Å². The molecule has 2 amide bonds. The minimum atomic E-state index is -5.01. The number of benzene rings is 1. The van der Waals surface area contributed by atoms with E-state index in [-0.39, 0.29) is 22.2 Å². The zero-order valence-electron chi connectivity index (χ0n) is 13.5. The van der Waals surface area contributed by atoms with Crippen LogP contribution in [0.25, 0.3) is 0 Å². The number of alkyl halides is 3. The number of hydrogen-bond acceptors (Lipinski definition) is 2. The number of carbonyl (C=O) groups is 2. The number of fused-ring (bicyclic) bond motifs is 1. The molecule has 138 valence electrons. The van der Waals surface area contributed by atoms with Gasteiger partial charge in [-0.25, -0.2) is 4.79 Å². The number of nitrogens with one attached hydrogen (secondary N) is 1. The van der Waals surface area contributed by atoms with Crippen molar-refractivity contribution >= 4 is 29.3 Å². The molecule has 3 rings (SSSR count). The van der Waals surface area contributed by atoms with E-state index in [1.165, 1.54) is 12.1 Å². The molecule has 1 fully saturated rings. The standard InChI is InChI=1S/C17H14ClF3N2O3/c1-23(15(25)26)13-14(24)22-12-5-4-10(18)8-11(12)16(13,17(19,20)21)7-6-9-2-3-9/h4-5,8-9,13H,2-3H2,1H3,(H,22,24)(H,25,26)/t13-,16+/m0/s1. The Morgan fingerprint density at radius 2 is 2.08 bits per heavy atom. The van der Waals surface area contributed by atoms with Gasteiger partial charge in [-0.2, -0.15) is 13.2 Å². The van der Waals surface area contributed by atoms with Crippen molar-refractivity contribution in [3.8, 4) is 11.8 Å². The summed E-state index contributed by atoms with van der Waals surface area (Å²) in [5, 5.41) is 11.6. The molecule has 1 heterocycles. The molecule has 0 spiro atoms. The topological polar surface area (TPSA) is 69.6 Å². The molecule has 9 heteroatoms. The summed E-state index contributed by atoms with van der Waals surface area (Å²) in [5.41, 5.74) is -3.45. The molecule has 0 bridgehead atoms. The molecule has 0 unspecified atom stereocenters. The maximum atomic E-state index is 14.4. The normalized spacial score (nSPS) is 24.8. The van der Waals surface area contributed by atoms with E-state index in [2.05, 4.69) is 17.2 Å². The first-order chi connectivity index (χ1) is 12.1.